The summed E-state index contributed by atoms with van der Waals surface area (Å²) in [6.45, 7) is 0.788. The first-order chi connectivity index (χ1) is 9.70. The van der Waals surface area contributed by atoms with Gasteiger partial charge in [-0.05, 0) is 46.5 Å². The molecule has 0 bridgehead atoms. The van der Waals surface area contributed by atoms with Crippen molar-refractivity contribution in [3.05, 3.63) is 45.8 Å². The minimum atomic E-state index is 0.390. The molecule has 0 radical (unpaired) electrons. The van der Waals surface area contributed by atoms with E-state index in [0.29, 0.717) is 22.7 Å². The summed E-state index contributed by atoms with van der Waals surface area (Å²) in [5.74, 6) is 0.986. The van der Waals surface area contributed by atoms with Gasteiger partial charge in [-0.1, -0.05) is 11.6 Å². The van der Waals surface area contributed by atoms with Crippen LogP contribution in [0.15, 0.2) is 35.2 Å². The molecule has 2 aromatic heterocycles. The Hall–Kier alpha value is -1.17. The van der Waals surface area contributed by atoms with Crippen LogP contribution >= 0.6 is 27.5 Å². The zero-order valence-electron chi connectivity index (χ0n) is 10.6. The monoisotopic (exact) mass is 353 g/mol. The number of nitrogens with zero attached hydrogens (tertiary/aromatic N) is 2. The van der Waals surface area contributed by atoms with E-state index in [2.05, 4.69) is 31.2 Å². The molecule has 20 heavy (non-hydrogen) atoms. The second-order valence-corrected chi connectivity index (χ2v) is 6.05. The zero-order valence-corrected chi connectivity index (χ0v) is 13.0. The standard InChI is InChI=1S/C14H13BrClN3O/c15-10-4-12(8-17-7-10)20-14-13(16)3-9(6-19-14)5-18-11-1-2-11/h3-4,6-8,11,18H,1-2,5H2. The van der Waals surface area contributed by atoms with Crippen LogP contribution in [0, 0.1) is 0 Å². The first kappa shape index (κ1) is 13.8. The van der Waals surface area contributed by atoms with Crippen molar-refractivity contribution < 1.29 is 4.74 Å². The fourth-order valence-corrected chi connectivity index (χ4v) is 2.32. The third-order valence-corrected chi connectivity index (χ3v) is 3.64. The van der Waals surface area contributed by atoms with Crippen LogP contribution < -0.4 is 10.1 Å². The van der Waals surface area contributed by atoms with E-state index in [4.69, 9.17) is 16.3 Å². The molecule has 0 spiro atoms. The molecule has 2 heterocycles. The molecule has 0 saturated heterocycles. The maximum absolute atomic E-state index is 6.20. The maximum atomic E-state index is 6.20. The molecule has 0 unspecified atom stereocenters. The van der Waals surface area contributed by atoms with Crippen molar-refractivity contribution in [2.75, 3.05) is 0 Å². The lowest BCUT2D eigenvalue weighted by atomic mass is 10.3. The zero-order chi connectivity index (χ0) is 13.9. The van der Waals surface area contributed by atoms with Gasteiger partial charge in [0, 0.05) is 29.5 Å². The van der Waals surface area contributed by atoms with E-state index in [1.807, 2.05) is 12.1 Å². The summed E-state index contributed by atoms with van der Waals surface area (Å²) in [6.07, 6.45) is 7.61. The minimum Gasteiger partial charge on any atom is -0.436 e. The van der Waals surface area contributed by atoms with Gasteiger partial charge in [-0.2, -0.15) is 0 Å². The SMILES string of the molecule is Clc1cc(CNC2CC2)cnc1Oc1cncc(Br)c1. The average Bonchev–Trinajstić information content (AvgIpc) is 3.23. The first-order valence-electron chi connectivity index (χ1n) is 6.37. The number of rotatable bonds is 5. The molecule has 1 aliphatic carbocycles. The molecule has 2 aromatic rings. The second kappa shape index (κ2) is 6.08. The Balaban J connectivity index is 1.69. The summed E-state index contributed by atoms with van der Waals surface area (Å²) >= 11 is 9.54. The summed E-state index contributed by atoms with van der Waals surface area (Å²) in [4.78, 5) is 8.29. The molecule has 0 aliphatic heterocycles. The number of nitrogens with one attached hydrogen (secondary N) is 1. The largest absolute Gasteiger partial charge is 0.436 e. The normalized spacial score (nSPS) is 14.3. The van der Waals surface area contributed by atoms with Crippen molar-refractivity contribution in [1.29, 1.82) is 0 Å². The van der Waals surface area contributed by atoms with Gasteiger partial charge in [0.15, 0.2) is 0 Å². The third kappa shape index (κ3) is 3.69. The van der Waals surface area contributed by atoms with Crippen LogP contribution in [0.5, 0.6) is 11.6 Å². The Morgan fingerprint density at radius 2 is 2.15 bits per heavy atom. The number of hydrogen-bond acceptors (Lipinski definition) is 4. The van der Waals surface area contributed by atoms with Gasteiger partial charge in [0.05, 0.1) is 6.20 Å². The van der Waals surface area contributed by atoms with Crippen LogP contribution in [0.1, 0.15) is 18.4 Å². The number of aromatic nitrogens is 2. The van der Waals surface area contributed by atoms with Crippen LogP contribution in [0.4, 0.5) is 0 Å². The molecule has 1 fully saturated rings. The fourth-order valence-electron chi connectivity index (χ4n) is 1.75. The molecular formula is C14H13BrClN3O. The van der Waals surface area contributed by atoms with E-state index in [9.17, 15) is 0 Å². The van der Waals surface area contributed by atoms with Crippen LogP contribution in [0.25, 0.3) is 0 Å². The van der Waals surface area contributed by atoms with Gasteiger partial charge >= 0.3 is 0 Å². The van der Waals surface area contributed by atoms with Crippen molar-refractivity contribution in [2.45, 2.75) is 25.4 Å². The molecule has 104 valence electrons. The summed E-state index contributed by atoms with van der Waals surface area (Å²) in [7, 11) is 0. The molecule has 1 aliphatic rings. The number of ether oxygens (including phenoxy) is 1. The van der Waals surface area contributed by atoms with E-state index in [1.165, 1.54) is 12.8 Å². The van der Waals surface area contributed by atoms with Crippen LogP contribution in [0.2, 0.25) is 5.02 Å². The molecule has 0 amide bonds. The Kier molecular flexibility index (Phi) is 4.19. The number of pyridine rings is 2. The summed E-state index contributed by atoms with van der Waals surface area (Å²) < 4.78 is 6.47. The Labute approximate surface area is 130 Å². The number of halogens is 2. The van der Waals surface area contributed by atoms with Gasteiger partial charge in [0.2, 0.25) is 5.88 Å². The van der Waals surface area contributed by atoms with Gasteiger partial charge in [-0.25, -0.2) is 4.98 Å². The lowest BCUT2D eigenvalue weighted by molar-refractivity contribution is 0.460. The van der Waals surface area contributed by atoms with E-state index in [0.717, 1.165) is 16.6 Å². The molecule has 0 atom stereocenters. The van der Waals surface area contributed by atoms with Crippen molar-refractivity contribution in [3.63, 3.8) is 0 Å². The van der Waals surface area contributed by atoms with E-state index in [-0.39, 0.29) is 0 Å². The topological polar surface area (TPSA) is 47.0 Å². The third-order valence-electron chi connectivity index (χ3n) is 2.93. The van der Waals surface area contributed by atoms with Crippen LogP contribution in [0.3, 0.4) is 0 Å². The summed E-state index contributed by atoms with van der Waals surface area (Å²) in [5.41, 5.74) is 1.06. The predicted molar refractivity (Wildman–Crippen MR) is 81.1 cm³/mol. The van der Waals surface area contributed by atoms with Crippen molar-refractivity contribution >= 4 is 27.5 Å². The number of hydrogen-bond donors (Lipinski definition) is 1. The first-order valence-corrected chi connectivity index (χ1v) is 7.54. The smallest absolute Gasteiger partial charge is 0.238 e. The fraction of sp³-hybridized carbons (Fsp3) is 0.286. The Morgan fingerprint density at radius 1 is 1.30 bits per heavy atom. The van der Waals surface area contributed by atoms with Crippen molar-refractivity contribution in [2.24, 2.45) is 0 Å². The Bertz CT molecular complexity index is 619. The van der Waals surface area contributed by atoms with E-state index < -0.39 is 0 Å². The molecule has 1 saturated carbocycles. The highest BCUT2D eigenvalue weighted by Gasteiger charge is 2.20. The molecule has 6 heteroatoms. The van der Waals surface area contributed by atoms with Gasteiger partial charge in [-0.15, -0.1) is 0 Å². The van der Waals surface area contributed by atoms with E-state index >= 15 is 0 Å². The van der Waals surface area contributed by atoms with Crippen LogP contribution in [-0.4, -0.2) is 16.0 Å². The highest BCUT2D eigenvalue weighted by molar-refractivity contribution is 9.10. The molecule has 4 nitrogen and oxygen atoms in total. The molecule has 0 aromatic carbocycles. The molecular weight excluding hydrogens is 342 g/mol. The van der Waals surface area contributed by atoms with E-state index in [1.54, 1.807) is 18.6 Å². The quantitative estimate of drug-likeness (QED) is 0.883. The lowest BCUT2D eigenvalue weighted by Crippen LogP contribution is -2.15. The minimum absolute atomic E-state index is 0.390. The highest BCUT2D eigenvalue weighted by Crippen LogP contribution is 2.28. The van der Waals surface area contributed by atoms with Crippen LogP contribution in [-0.2, 0) is 6.54 Å². The highest BCUT2D eigenvalue weighted by atomic mass is 79.9. The van der Waals surface area contributed by atoms with Crippen molar-refractivity contribution in [1.82, 2.24) is 15.3 Å². The Morgan fingerprint density at radius 3 is 2.85 bits per heavy atom. The maximum Gasteiger partial charge on any atom is 0.238 e. The molecule has 1 N–H and O–H groups in total. The second-order valence-electron chi connectivity index (χ2n) is 4.73. The van der Waals surface area contributed by atoms with Gasteiger partial charge in [0.1, 0.15) is 10.8 Å². The summed E-state index contributed by atoms with van der Waals surface area (Å²) in [5, 5.41) is 3.92. The summed E-state index contributed by atoms with van der Waals surface area (Å²) in [6, 6.07) is 4.36. The van der Waals surface area contributed by atoms with Gasteiger partial charge in [-0.3, -0.25) is 4.98 Å². The van der Waals surface area contributed by atoms with Gasteiger partial charge < -0.3 is 10.1 Å². The molecule has 3 rings (SSSR count). The lowest BCUT2D eigenvalue weighted by Gasteiger charge is -2.08. The van der Waals surface area contributed by atoms with Crippen molar-refractivity contribution in [3.8, 4) is 11.6 Å². The predicted octanol–water partition coefficient (Wildman–Crippen LogP) is 3.94. The average molecular weight is 355 g/mol. The van der Waals surface area contributed by atoms with Gasteiger partial charge in [0.25, 0.3) is 0 Å².